The number of aliphatic imine (C=N–C) groups is 1. The van der Waals surface area contributed by atoms with Crippen molar-refractivity contribution < 1.29 is 22.3 Å². The predicted molar refractivity (Wildman–Crippen MR) is 112 cm³/mol. The molecule has 0 saturated heterocycles. The highest BCUT2D eigenvalue weighted by molar-refractivity contribution is 5.90. The van der Waals surface area contributed by atoms with Crippen molar-refractivity contribution in [2.45, 2.75) is 25.2 Å². The summed E-state index contributed by atoms with van der Waals surface area (Å²) in [7, 11) is 0. The largest absolute Gasteiger partial charge is 0.573 e. The summed E-state index contributed by atoms with van der Waals surface area (Å²) in [6, 6.07) is 13.9. The monoisotopic (exact) mass is 431 g/mol. The van der Waals surface area contributed by atoms with Crippen molar-refractivity contribution in [3.05, 3.63) is 66.1 Å². The Morgan fingerprint density at radius 1 is 1.06 bits per heavy atom. The van der Waals surface area contributed by atoms with Crippen LogP contribution in [0, 0.1) is 5.82 Å². The predicted octanol–water partition coefficient (Wildman–Crippen LogP) is 5.57. The van der Waals surface area contributed by atoms with Gasteiger partial charge in [-0.2, -0.15) is 0 Å². The second-order valence-electron chi connectivity index (χ2n) is 7.36. The molecular formula is C23H21F4N3O. The first-order valence-corrected chi connectivity index (χ1v) is 9.93. The van der Waals surface area contributed by atoms with Crippen molar-refractivity contribution in [1.82, 2.24) is 4.57 Å². The van der Waals surface area contributed by atoms with Gasteiger partial charge >= 0.3 is 6.36 Å². The zero-order chi connectivity index (χ0) is 22.0. The van der Waals surface area contributed by atoms with Crippen LogP contribution in [0.3, 0.4) is 0 Å². The van der Waals surface area contributed by atoms with E-state index in [2.05, 4.69) is 14.3 Å². The number of hydrogen-bond donors (Lipinski definition) is 1. The fourth-order valence-corrected chi connectivity index (χ4v) is 3.94. The smallest absolute Gasteiger partial charge is 0.406 e. The van der Waals surface area contributed by atoms with Gasteiger partial charge in [0.15, 0.2) is 0 Å². The molecule has 4 rings (SSSR count). The van der Waals surface area contributed by atoms with E-state index >= 15 is 0 Å². The second kappa shape index (κ2) is 8.55. The van der Waals surface area contributed by atoms with Gasteiger partial charge in [-0.3, -0.25) is 4.99 Å². The normalized spacial score (nSPS) is 15.7. The summed E-state index contributed by atoms with van der Waals surface area (Å²) >= 11 is 0. The van der Waals surface area contributed by atoms with Gasteiger partial charge < -0.3 is 15.0 Å². The molecule has 2 heterocycles. The van der Waals surface area contributed by atoms with E-state index in [0.717, 1.165) is 35.4 Å². The van der Waals surface area contributed by atoms with Gasteiger partial charge in [0, 0.05) is 11.8 Å². The minimum Gasteiger partial charge on any atom is -0.406 e. The highest BCUT2D eigenvalue weighted by Gasteiger charge is 2.31. The van der Waals surface area contributed by atoms with Gasteiger partial charge in [-0.1, -0.05) is 12.1 Å². The van der Waals surface area contributed by atoms with Crippen LogP contribution in [-0.2, 0) is 0 Å². The number of nitrogens with two attached hydrogens (primary N) is 1. The van der Waals surface area contributed by atoms with Crippen LogP contribution in [0.15, 0.2) is 59.6 Å². The Kier molecular flexibility index (Phi) is 5.82. The number of rotatable bonds is 6. The van der Waals surface area contributed by atoms with E-state index in [1.54, 1.807) is 24.4 Å². The van der Waals surface area contributed by atoms with Crippen molar-refractivity contribution >= 4 is 6.21 Å². The summed E-state index contributed by atoms with van der Waals surface area (Å²) in [5.41, 5.74) is 9.38. The Bertz CT molecular complexity index is 1090. The first kappa shape index (κ1) is 21.1. The zero-order valence-corrected chi connectivity index (χ0v) is 16.6. The van der Waals surface area contributed by atoms with Crippen molar-refractivity contribution in [2.75, 3.05) is 13.1 Å². The third-order valence-electron chi connectivity index (χ3n) is 5.21. The summed E-state index contributed by atoms with van der Waals surface area (Å²) in [5, 5.41) is 0. The lowest BCUT2D eigenvalue weighted by molar-refractivity contribution is -0.274. The molecule has 3 aromatic rings. The molecule has 0 unspecified atom stereocenters. The molecule has 1 aliphatic rings. The molecule has 1 atom stereocenters. The fraction of sp³-hybridized carbons (Fsp3) is 0.261. The third-order valence-corrected chi connectivity index (χ3v) is 5.21. The number of benzene rings is 2. The van der Waals surface area contributed by atoms with E-state index in [9.17, 15) is 17.6 Å². The average Bonchev–Trinajstić information content (AvgIpc) is 3.12. The van der Waals surface area contributed by atoms with Gasteiger partial charge in [0.1, 0.15) is 11.6 Å². The Morgan fingerprint density at radius 3 is 2.55 bits per heavy atom. The lowest BCUT2D eigenvalue weighted by Crippen LogP contribution is -2.21. The number of ether oxygens (including phenoxy) is 1. The fourth-order valence-electron chi connectivity index (χ4n) is 3.94. The highest BCUT2D eigenvalue weighted by Crippen LogP contribution is 2.40. The molecule has 162 valence electrons. The van der Waals surface area contributed by atoms with E-state index < -0.39 is 6.36 Å². The first-order valence-electron chi connectivity index (χ1n) is 9.93. The van der Waals surface area contributed by atoms with Crippen molar-refractivity contribution in [1.29, 1.82) is 0 Å². The quantitative estimate of drug-likeness (QED) is 0.519. The van der Waals surface area contributed by atoms with Crippen LogP contribution in [0.5, 0.6) is 5.75 Å². The SMILES string of the molecule is NCCC[C@H]1CN=Cc2cc(-c3cccc(OC(F)(F)F)c3)c(-c3ccc(F)cc3)n21. The van der Waals surface area contributed by atoms with E-state index in [0.29, 0.717) is 18.7 Å². The number of alkyl halides is 3. The molecule has 1 aromatic heterocycles. The maximum absolute atomic E-state index is 13.6. The molecular weight excluding hydrogens is 410 g/mol. The number of aromatic nitrogens is 1. The molecule has 31 heavy (non-hydrogen) atoms. The lowest BCUT2D eigenvalue weighted by Gasteiger charge is -2.25. The standard InChI is InChI=1S/C23H21F4N3O/c24-17-8-6-15(7-9-17)22-21(16-3-1-5-20(11-16)31-23(25,26)27)12-19-14-29-13-18(30(19)22)4-2-10-28/h1,3,5-9,11-12,14,18H,2,4,10,13,28H2/t18-/m0/s1. The number of halogens is 4. The summed E-state index contributed by atoms with van der Waals surface area (Å²) in [4.78, 5) is 4.45. The van der Waals surface area contributed by atoms with Crippen molar-refractivity contribution in [3.8, 4) is 28.1 Å². The average molecular weight is 431 g/mol. The molecule has 2 aromatic carbocycles. The molecule has 2 N–H and O–H groups in total. The summed E-state index contributed by atoms with van der Waals surface area (Å²) in [6.45, 7) is 1.12. The van der Waals surface area contributed by atoms with Crippen LogP contribution in [-0.4, -0.2) is 30.2 Å². The number of nitrogens with zero attached hydrogens (tertiary/aromatic N) is 2. The molecule has 0 bridgehead atoms. The molecule has 8 heteroatoms. The Labute approximate surface area is 177 Å². The molecule has 0 amide bonds. The molecule has 0 fully saturated rings. The molecule has 0 aliphatic carbocycles. The molecule has 0 saturated carbocycles. The second-order valence-corrected chi connectivity index (χ2v) is 7.36. The Hall–Kier alpha value is -3.13. The minimum atomic E-state index is -4.78. The summed E-state index contributed by atoms with van der Waals surface area (Å²) < 4.78 is 58.0. The van der Waals surface area contributed by atoms with Gasteiger partial charge in [-0.05, 0) is 73.0 Å². The van der Waals surface area contributed by atoms with Gasteiger partial charge in [0.2, 0.25) is 0 Å². The van der Waals surface area contributed by atoms with Crippen LogP contribution in [0.1, 0.15) is 24.6 Å². The van der Waals surface area contributed by atoms with Gasteiger partial charge in [-0.15, -0.1) is 13.2 Å². The number of hydrogen-bond acceptors (Lipinski definition) is 3. The highest BCUT2D eigenvalue weighted by atomic mass is 19.4. The van der Waals surface area contributed by atoms with Gasteiger partial charge in [0.05, 0.1) is 24.0 Å². The zero-order valence-electron chi connectivity index (χ0n) is 16.6. The van der Waals surface area contributed by atoms with Gasteiger partial charge in [-0.25, -0.2) is 4.39 Å². The maximum atomic E-state index is 13.6. The maximum Gasteiger partial charge on any atom is 0.573 e. The van der Waals surface area contributed by atoms with Crippen LogP contribution in [0.2, 0.25) is 0 Å². The van der Waals surface area contributed by atoms with E-state index in [4.69, 9.17) is 5.73 Å². The van der Waals surface area contributed by atoms with E-state index in [1.165, 1.54) is 30.3 Å². The van der Waals surface area contributed by atoms with E-state index in [1.807, 2.05) is 6.07 Å². The van der Waals surface area contributed by atoms with Crippen LogP contribution >= 0.6 is 0 Å². The lowest BCUT2D eigenvalue weighted by atomic mass is 10.0. The van der Waals surface area contributed by atoms with Crippen LogP contribution < -0.4 is 10.5 Å². The van der Waals surface area contributed by atoms with Crippen LogP contribution in [0.25, 0.3) is 22.4 Å². The van der Waals surface area contributed by atoms with Crippen molar-refractivity contribution in [2.24, 2.45) is 10.7 Å². The van der Waals surface area contributed by atoms with E-state index in [-0.39, 0.29) is 17.6 Å². The first-order chi connectivity index (χ1) is 14.9. The minimum absolute atomic E-state index is 0.0481. The molecule has 4 nitrogen and oxygen atoms in total. The molecule has 1 aliphatic heterocycles. The van der Waals surface area contributed by atoms with Gasteiger partial charge in [0.25, 0.3) is 0 Å². The molecule has 0 radical (unpaired) electrons. The number of fused-ring (bicyclic) bond motifs is 1. The molecule has 0 spiro atoms. The Balaban J connectivity index is 1.87. The topological polar surface area (TPSA) is 52.5 Å². The summed E-state index contributed by atoms with van der Waals surface area (Å²) in [6.07, 6.45) is -1.41. The van der Waals surface area contributed by atoms with Crippen molar-refractivity contribution in [3.63, 3.8) is 0 Å². The summed E-state index contributed by atoms with van der Waals surface area (Å²) in [5.74, 6) is -0.662. The third kappa shape index (κ3) is 4.64. The van der Waals surface area contributed by atoms with Crippen LogP contribution in [0.4, 0.5) is 17.6 Å². The Morgan fingerprint density at radius 2 is 1.84 bits per heavy atom.